The minimum Gasteiger partial charge on any atom is -0.504 e. The summed E-state index contributed by atoms with van der Waals surface area (Å²) in [6, 6.07) is 10.7. The summed E-state index contributed by atoms with van der Waals surface area (Å²) < 4.78 is 10.8. The maximum absolute atomic E-state index is 12.5. The van der Waals surface area contributed by atoms with E-state index in [9.17, 15) is 15.0 Å². The average molecular weight is 470 g/mol. The summed E-state index contributed by atoms with van der Waals surface area (Å²) in [6.07, 6.45) is 9.93. The monoisotopic (exact) mass is 469 g/mol. The highest BCUT2D eigenvalue weighted by Gasteiger charge is 2.11. The fourth-order valence-electron chi connectivity index (χ4n) is 3.76. The molecule has 0 fully saturated rings. The average Bonchev–Trinajstić information content (AvgIpc) is 2.84. The number of carbonyl (C=O) groups is 1. The smallest absolute Gasteiger partial charge is 0.161 e. The van der Waals surface area contributed by atoms with E-state index in [1.54, 1.807) is 24.3 Å². The Morgan fingerprint density at radius 3 is 2.47 bits per heavy atom. The molecule has 6 heteroatoms. The van der Waals surface area contributed by atoms with Crippen LogP contribution in [0, 0.1) is 5.92 Å². The first-order valence-corrected chi connectivity index (χ1v) is 12.1. The number of aromatic hydroxyl groups is 2. The molecule has 0 saturated carbocycles. The summed E-state index contributed by atoms with van der Waals surface area (Å²) in [5, 5.41) is 22.8. The van der Waals surface area contributed by atoms with Crippen molar-refractivity contribution in [2.75, 3.05) is 27.3 Å². The van der Waals surface area contributed by atoms with Gasteiger partial charge in [-0.15, -0.1) is 0 Å². The predicted molar refractivity (Wildman–Crippen MR) is 136 cm³/mol. The number of unbranched alkanes of at least 4 members (excludes halogenated alkanes) is 2. The molecule has 186 valence electrons. The van der Waals surface area contributed by atoms with Crippen molar-refractivity contribution in [1.29, 1.82) is 0 Å². The van der Waals surface area contributed by atoms with Crippen LogP contribution in [0.25, 0.3) is 0 Å². The van der Waals surface area contributed by atoms with Gasteiger partial charge in [-0.05, 0) is 73.7 Å². The first-order valence-electron chi connectivity index (χ1n) is 12.1. The normalized spacial score (nSPS) is 12.1. The number of phenolic OH excluding ortho intramolecular Hbond substituents is 2. The molecular formula is C28H39NO5. The molecule has 0 heterocycles. The Bertz CT molecular complexity index is 925. The zero-order valence-electron chi connectivity index (χ0n) is 20.7. The molecule has 1 unspecified atom stereocenters. The highest BCUT2D eigenvalue weighted by Crippen LogP contribution is 2.29. The number of hydrogen-bond acceptors (Lipinski definition) is 6. The Kier molecular flexibility index (Phi) is 12.0. The van der Waals surface area contributed by atoms with E-state index in [0.29, 0.717) is 37.5 Å². The number of carbonyl (C=O) groups excluding carboxylic acids is 1. The van der Waals surface area contributed by atoms with Crippen LogP contribution in [0.2, 0.25) is 0 Å². The Morgan fingerprint density at radius 2 is 1.76 bits per heavy atom. The third-order valence-corrected chi connectivity index (χ3v) is 5.77. The Balaban J connectivity index is 2.00. The van der Waals surface area contributed by atoms with Crippen molar-refractivity contribution in [3.8, 4) is 23.0 Å². The molecule has 0 spiro atoms. The van der Waals surface area contributed by atoms with Crippen LogP contribution in [0.5, 0.6) is 23.0 Å². The fourth-order valence-corrected chi connectivity index (χ4v) is 3.76. The SMILES string of the molecule is CCCCCC(C=CC(=O)CCc1ccc(O)c(OC)c1)Cc1ccc(O)c(OCCNC)c1. The van der Waals surface area contributed by atoms with E-state index in [4.69, 9.17) is 9.47 Å². The van der Waals surface area contributed by atoms with Gasteiger partial charge < -0.3 is 25.0 Å². The van der Waals surface area contributed by atoms with Crippen LogP contribution in [0.1, 0.15) is 50.2 Å². The van der Waals surface area contributed by atoms with Gasteiger partial charge in [0, 0.05) is 13.0 Å². The van der Waals surface area contributed by atoms with Crippen molar-refractivity contribution in [2.45, 2.75) is 51.9 Å². The molecule has 0 radical (unpaired) electrons. The van der Waals surface area contributed by atoms with Crippen molar-refractivity contribution in [3.63, 3.8) is 0 Å². The maximum atomic E-state index is 12.5. The zero-order valence-corrected chi connectivity index (χ0v) is 20.7. The second-order valence-corrected chi connectivity index (χ2v) is 8.55. The van der Waals surface area contributed by atoms with E-state index in [-0.39, 0.29) is 23.2 Å². The molecule has 6 nitrogen and oxygen atoms in total. The lowest BCUT2D eigenvalue weighted by Crippen LogP contribution is -2.16. The molecule has 2 rings (SSSR count). The van der Waals surface area contributed by atoms with E-state index < -0.39 is 0 Å². The van der Waals surface area contributed by atoms with E-state index in [0.717, 1.165) is 43.2 Å². The Morgan fingerprint density at radius 1 is 1.06 bits per heavy atom. The van der Waals surface area contributed by atoms with Gasteiger partial charge in [0.05, 0.1) is 7.11 Å². The molecule has 34 heavy (non-hydrogen) atoms. The third-order valence-electron chi connectivity index (χ3n) is 5.77. The van der Waals surface area contributed by atoms with Crippen LogP contribution in [0.4, 0.5) is 0 Å². The van der Waals surface area contributed by atoms with Gasteiger partial charge in [0.1, 0.15) is 6.61 Å². The van der Waals surface area contributed by atoms with Crippen LogP contribution in [-0.2, 0) is 17.6 Å². The van der Waals surface area contributed by atoms with Crippen LogP contribution in [0.15, 0.2) is 48.6 Å². The lowest BCUT2D eigenvalue weighted by atomic mass is 9.92. The van der Waals surface area contributed by atoms with Crippen molar-refractivity contribution in [1.82, 2.24) is 5.32 Å². The van der Waals surface area contributed by atoms with Gasteiger partial charge in [0.15, 0.2) is 28.8 Å². The second-order valence-electron chi connectivity index (χ2n) is 8.55. The molecule has 1 atom stereocenters. The molecule has 0 aliphatic carbocycles. The van der Waals surface area contributed by atoms with Crippen molar-refractivity contribution in [3.05, 3.63) is 59.7 Å². The molecule has 0 bridgehead atoms. The first kappa shape index (κ1) is 27.3. The minimum absolute atomic E-state index is 0.0781. The maximum Gasteiger partial charge on any atom is 0.161 e. The molecule has 0 aliphatic rings. The number of benzene rings is 2. The van der Waals surface area contributed by atoms with Crippen LogP contribution < -0.4 is 14.8 Å². The Labute approximate surface area is 203 Å². The third kappa shape index (κ3) is 9.48. The summed E-state index contributed by atoms with van der Waals surface area (Å²) in [4.78, 5) is 12.5. The largest absolute Gasteiger partial charge is 0.504 e. The van der Waals surface area contributed by atoms with Crippen LogP contribution in [-0.4, -0.2) is 43.3 Å². The lowest BCUT2D eigenvalue weighted by Gasteiger charge is -2.15. The van der Waals surface area contributed by atoms with E-state index in [2.05, 4.69) is 12.2 Å². The summed E-state index contributed by atoms with van der Waals surface area (Å²) in [5.74, 6) is 1.45. The van der Waals surface area contributed by atoms with Crippen LogP contribution in [0.3, 0.4) is 0 Å². The molecular weight excluding hydrogens is 430 g/mol. The summed E-state index contributed by atoms with van der Waals surface area (Å²) in [7, 11) is 3.37. The van der Waals surface area contributed by atoms with E-state index in [1.165, 1.54) is 7.11 Å². The number of aryl methyl sites for hydroxylation is 1. The van der Waals surface area contributed by atoms with Gasteiger partial charge in [0.25, 0.3) is 0 Å². The number of hydrogen-bond donors (Lipinski definition) is 3. The number of phenols is 2. The molecule has 0 saturated heterocycles. The van der Waals surface area contributed by atoms with Gasteiger partial charge >= 0.3 is 0 Å². The summed E-state index contributed by atoms with van der Waals surface area (Å²) in [5.41, 5.74) is 2.03. The molecule has 0 amide bonds. The number of ketones is 1. The van der Waals surface area contributed by atoms with Gasteiger partial charge in [-0.3, -0.25) is 4.79 Å². The standard InChI is InChI=1S/C28H39NO5/c1-4-5-6-7-21(18-23-11-15-26(32)28(20-23)34-17-16-29-2)8-12-24(30)13-9-22-10-14-25(31)27(19-22)33-3/h8,10-12,14-15,19-21,29,31-32H,4-7,9,13,16-18H2,1-3H3. The van der Waals surface area contributed by atoms with Crippen molar-refractivity contribution < 1.29 is 24.5 Å². The van der Waals surface area contributed by atoms with Gasteiger partial charge in [0.2, 0.25) is 0 Å². The van der Waals surface area contributed by atoms with E-state index >= 15 is 0 Å². The molecule has 2 aromatic rings. The first-order chi connectivity index (χ1) is 16.5. The second kappa shape index (κ2) is 15.0. The zero-order chi connectivity index (χ0) is 24.8. The van der Waals surface area contributed by atoms with Crippen LogP contribution >= 0.6 is 0 Å². The summed E-state index contributed by atoms with van der Waals surface area (Å²) in [6.45, 7) is 3.36. The molecule has 3 N–H and O–H groups in total. The van der Waals surface area contributed by atoms with Gasteiger partial charge in [-0.25, -0.2) is 0 Å². The van der Waals surface area contributed by atoms with E-state index in [1.807, 2.05) is 31.3 Å². The number of rotatable bonds is 16. The quantitative estimate of drug-likeness (QED) is 0.231. The highest BCUT2D eigenvalue weighted by molar-refractivity contribution is 5.89. The number of likely N-dealkylation sites (N-methyl/N-ethyl adjacent to an activating group) is 1. The molecule has 0 aromatic heterocycles. The van der Waals surface area contributed by atoms with Gasteiger partial charge in [-0.1, -0.05) is 44.4 Å². The topological polar surface area (TPSA) is 88.0 Å². The molecule has 2 aromatic carbocycles. The van der Waals surface area contributed by atoms with Crippen molar-refractivity contribution in [2.24, 2.45) is 5.92 Å². The number of methoxy groups -OCH3 is 1. The highest BCUT2D eigenvalue weighted by atomic mass is 16.5. The number of ether oxygens (including phenoxy) is 2. The molecule has 0 aliphatic heterocycles. The number of nitrogens with one attached hydrogen (secondary N) is 1. The predicted octanol–water partition coefficient (Wildman–Crippen LogP) is 5.20. The fraction of sp³-hybridized carbons (Fsp3) is 0.464. The number of allylic oxidation sites excluding steroid dienone is 2. The summed E-state index contributed by atoms with van der Waals surface area (Å²) >= 11 is 0. The lowest BCUT2D eigenvalue weighted by molar-refractivity contribution is -0.114. The van der Waals surface area contributed by atoms with Crippen molar-refractivity contribution >= 4 is 5.78 Å². The Hall–Kier alpha value is -2.99. The van der Waals surface area contributed by atoms with Gasteiger partial charge in [-0.2, -0.15) is 0 Å². The minimum atomic E-state index is 0.0781.